The zero-order valence-electron chi connectivity index (χ0n) is 15.0. The van der Waals surface area contributed by atoms with Gasteiger partial charge in [0.25, 0.3) is 5.62 Å². The van der Waals surface area contributed by atoms with Crippen molar-refractivity contribution in [1.82, 2.24) is 19.5 Å². The maximum absolute atomic E-state index is 6.48. The van der Waals surface area contributed by atoms with Gasteiger partial charge in [0, 0.05) is 53.4 Å². The lowest BCUT2D eigenvalue weighted by Gasteiger charge is -2.27. The van der Waals surface area contributed by atoms with Crippen LogP contribution in [0.4, 0.5) is 11.5 Å². The van der Waals surface area contributed by atoms with Crippen LogP contribution in [0.25, 0.3) is 22.5 Å². The van der Waals surface area contributed by atoms with E-state index in [1.54, 1.807) is 12.4 Å². The molecule has 28 heavy (non-hydrogen) atoms. The summed E-state index contributed by atoms with van der Waals surface area (Å²) in [6.07, 6.45) is 6.26. The largest absolute Gasteiger partial charge is 0.371 e. The summed E-state index contributed by atoms with van der Waals surface area (Å²) in [4.78, 5) is 17.7. The smallest absolute Gasteiger partial charge is 0.251 e. The maximum atomic E-state index is 6.48. The standard InChI is InChI=1S/C21H17ClN6/c22-18-5-2-1-4-16(18)17-12-14-13-25-21(26-15-6-9-23-10-7-15)27-19(14)28-11-3-8-24-20(17)28/h1-2,4-7,9-10,12-13,24H,3,8,11H2. The normalized spacial score (nSPS) is 14.0. The summed E-state index contributed by atoms with van der Waals surface area (Å²) in [5.41, 5.74) is 4.22. The quantitative estimate of drug-likeness (QED) is 0.560. The SMILES string of the molecule is Clc1ccccc1-c1cc2cnc(=Nc3ccncc3)nc-2n2c1NCCC2. The highest BCUT2D eigenvalue weighted by molar-refractivity contribution is 6.33. The Bertz CT molecular complexity index is 1190. The van der Waals surface area contributed by atoms with Gasteiger partial charge in [-0.05, 0) is 30.7 Å². The molecule has 0 spiro atoms. The summed E-state index contributed by atoms with van der Waals surface area (Å²) in [5, 5.41) is 4.25. The third-order valence-electron chi connectivity index (χ3n) is 4.77. The van der Waals surface area contributed by atoms with Crippen LogP contribution < -0.4 is 10.9 Å². The molecule has 0 saturated carbocycles. The number of fused-ring (bicyclic) bond motifs is 3. The lowest BCUT2D eigenvalue weighted by molar-refractivity contribution is 0.621. The van der Waals surface area contributed by atoms with Crippen molar-refractivity contribution in [3.8, 4) is 22.5 Å². The molecule has 6 nitrogen and oxygen atoms in total. The molecule has 7 heteroatoms. The fraction of sp³-hybridized carbons (Fsp3) is 0.143. The molecule has 1 aromatic heterocycles. The number of nitrogens with one attached hydrogen (secondary N) is 1. The molecule has 0 saturated heterocycles. The van der Waals surface area contributed by atoms with Crippen LogP contribution in [0.3, 0.4) is 0 Å². The van der Waals surface area contributed by atoms with Crippen LogP contribution >= 0.6 is 11.6 Å². The van der Waals surface area contributed by atoms with Crippen LogP contribution in [-0.2, 0) is 6.54 Å². The molecular formula is C21H17ClN6. The van der Waals surface area contributed by atoms with E-state index >= 15 is 0 Å². The van der Waals surface area contributed by atoms with Gasteiger partial charge in [0.1, 0.15) is 11.6 Å². The van der Waals surface area contributed by atoms with Crippen LogP contribution in [0.15, 0.2) is 66.0 Å². The number of pyridine rings is 2. The van der Waals surface area contributed by atoms with Crippen LogP contribution in [0.2, 0.25) is 5.02 Å². The van der Waals surface area contributed by atoms with Crippen molar-refractivity contribution in [2.24, 2.45) is 4.99 Å². The minimum atomic E-state index is 0.435. The molecule has 0 amide bonds. The lowest BCUT2D eigenvalue weighted by atomic mass is 10.0. The van der Waals surface area contributed by atoms with Crippen LogP contribution in [0, 0.1) is 0 Å². The van der Waals surface area contributed by atoms with Gasteiger partial charge in [-0.15, -0.1) is 0 Å². The first-order chi connectivity index (χ1) is 13.8. The summed E-state index contributed by atoms with van der Waals surface area (Å²) < 4.78 is 2.20. The lowest BCUT2D eigenvalue weighted by Crippen LogP contribution is -2.25. The van der Waals surface area contributed by atoms with E-state index in [4.69, 9.17) is 16.6 Å². The molecule has 138 valence electrons. The summed E-state index contributed by atoms with van der Waals surface area (Å²) in [6, 6.07) is 13.6. The number of benzene rings is 1. The summed E-state index contributed by atoms with van der Waals surface area (Å²) in [5.74, 6) is 1.89. The maximum Gasteiger partial charge on any atom is 0.251 e. The van der Waals surface area contributed by atoms with Gasteiger partial charge in [0.2, 0.25) is 0 Å². The Morgan fingerprint density at radius 3 is 2.79 bits per heavy atom. The highest BCUT2D eigenvalue weighted by atomic mass is 35.5. The van der Waals surface area contributed by atoms with Gasteiger partial charge in [-0.1, -0.05) is 29.8 Å². The number of anilines is 1. The van der Waals surface area contributed by atoms with Crippen molar-refractivity contribution in [3.05, 3.63) is 71.7 Å². The first kappa shape index (κ1) is 16.9. The summed E-state index contributed by atoms with van der Waals surface area (Å²) in [6.45, 7) is 1.80. The number of hydrogen-bond acceptors (Lipinski definition) is 5. The molecule has 5 rings (SSSR count). The number of halogens is 1. The molecule has 0 atom stereocenters. The second-order valence-electron chi connectivity index (χ2n) is 6.58. The third-order valence-corrected chi connectivity index (χ3v) is 5.10. The molecule has 1 N–H and O–H groups in total. The van der Waals surface area contributed by atoms with Crippen LogP contribution in [0.1, 0.15) is 6.42 Å². The molecule has 0 aliphatic carbocycles. The van der Waals surface area contributed by atoms with Crippen LogP contribution in [-0.4, -0.2) is 26.1 Å². The fourth-order valence-corrected chi connectivity index (χ4v) is 3.73. The van der Waals surface area contributed by atoms with Gasteiger partial charge in [0.15, 0.2) is 0 Å². The molecule has 3 aliphatic rings. The van der Waals surface area contributed by atoms with Gasteiger partial charge in [0.05, 0.1) is 5.69 Å². The number of hydrogen-bond donors (Lipinski definition) is 1. The van der Waals surface area contributed by atoms with E-state index in [0.717, 1.165) is 58.6 Å². The van der Waals surface area contributed by atoms with Crippen molar-refractivity contribution in [2.75, 3.05) is 11.9 Å². The minimum Gasteiger partial charge on any atom is -0.371 e. The number of nitrogens with zero attached hydrogens (tertiary/aromatic N) is 5. The van der Waals surface area contributed by atoms with E-state index in [9.17, 15) is 0 Å². The van der Waals surface area contributed by atoms with Gasteiger partial charge in [-0.25, -0.2) is 9.98 Å². The monoisotopic (exact) mass is 388 g/mol. The Balaban J connectivity index is 1.74. The predicted octanol–water partition coefficient (Wildman–Crippen LogP) is 4.15. The van der Waals surface area contributed by atoms with Crippen molar-refractivity contribution in [3.63, 3.8) is 0 Å². The minimum absolute atomic E-state index is 0.435. The molecule has 2 aromatic rings. The summed E-state index contributed by atoms with van der Waals surface area (Å²) in [7, 11) is 0. The molecular weight excluding hydrogens is 372 g/mol. The van der Waals surface area contributed by atoms with E-state index in [1.807, 2.05) is 42.6 Å². The highest BCUT2D eigenvalue weighted by Crippen LogP contribution is 2.38. The first-order valence-electron chi connectivity index (χ1n) is 9.14. The zero-order valence-corrected chi connectivity index (χ0v) is 15.8. The average molecular weight is 389 g/mol. The molecule has 0 bridgehead atoms. The van der Waals surface area contributed by atoms with Crippen molar-refractivity contribution >= 4 is 23.1 Å². The first-order valence-corrected chi connectivity index (χ1v) is 9.51. The fourth-order valence-electron chi connectivity index (χ4n) is 3.49. The van der Waals surface area contributed by atoms with Crippen molar-refractivity contribution < 1.29 is 0 Å². The highest BCUT2D eigenvalue weighted by Gasteiger charge is 2.21. The van der Waals surface area contributed by atoms with E-state index in [1.165, 1.54) is 0 Å². The number of rotatable bonds is 2. The van der Waals surface area contributed by atoms with Gasteiger partial charge in [-0.2, -0.15) is 4.98 Å². The molecule has 0 fully saturated rings. The molecule has 1 aromatic carbocycles. The van der Waals surface area contributed by atoms with Gasteiger partial charge < -0.3 is 9.88 Å². The number of aromatic nitrogens is 4. The molecule has 0 unspecified atom stereocenters. The Kier molecular flexibility index (Phi) is 4.25. The molecule has 0 radical (unpaired) electrons. The second kappa shape index (κ2) is 7.05. The molecule has 3 aliphatic heterocycles. The van der Waals surface area contributed by atoms with Gasteiger partial charge >= 0.3 is 0 Å². The summed E-state index contributed by atoms with van der Waals surface area (Å²) >= 11 is 6.48. The Hall–Kier alpha value is -3.25. The topological polar surface area (TPSA) is 68.0 Å². The predicted molar refractivity (Wildman–Crippen MR) is 110 cm³/mol. The van der Waals surface area contributed by atoms with E-state index in [2.05, 4.69) is 30.9 Å². The third kappa shape index (κ3) is 3.01. The van der Waals surface area contributed by atoms with Gasteiger partial charge in [-0.3, -0.25) is 4.98 Å². The van der Waals surface area contributed by atoms with E-state index in [-0.39, 0.29) is 0 Å². The zero-order chi connectivity index (χ0) is 18.9. The van der Waals surface area contributed by atoms with Crippen molar-refractivity contribution in [2.45, 2.75) is 13.0 Å². The van der Waals surface area contributed by atoms with Crippen LogP contribution in [0.5, 0.6) is 0 Å². The Morgan fingerprint density at radius 1 is 1.07 bits per heavy atom. The van der Waals surface area contributed by atoms with E-state index in [0.29, 0.717) is 5.62 Å². The van der Waals surface area contributed by atoms with E-state index < -0.39 is 0 Å². The Labute approximate surface area is 167 Å². The second-order valence-corrected chi connectivity index (χ2v) is 6.99. The Morgan fingerprint density at radius 2 is 1.93 bits per heavy atom. The average Bonchev–Trinajstić information content (AvgIpc) is 2.75. The van der Waals surface area contributed by atoms with Crippen molar-refractivity contribution in [1.29, 1.82) is 0 Å². The molecule has 4 heterocycles.